The minimum Gasteiger partial charge on any atom is -0.497 e. The average molecular weight is 536 g/mol. The Bertz CT molecular complexity index is 1770. The molecule has 5 aromatic rings. The smallest absolute Gasteiger partial charge is 0.344 e. The summed E-state index contributed by atoms with van der Waals surface area (Å²) in [5.41, 5.74) is 2.14. The predicted molar refractivity (Wildman–Crippen MR) is 151 cm³/mol. The molecule has 0 fully saturated rings. The molecular formula is C32H22ClNO5. The highest BCUT2D eigenvalue weighted by Gasteiger charge is 2.39. The zero-order chi connectivity index (χ0) is 26.9. The Morgan fingerprint density at radius 2 is 1.56 bits per heavy atom. The number of hydrogen-bond acceptors (Lipinski definition) is 6. The van der Waals surface area contributed by atoms with Crippen LogP contribution in [0.5, 0.6) is 11.5 Å². The van der Waals surface area contributed by atoms with E-state index < -0.39 is 11.5 Å². The molecule has 7 heteroatoms. The predicted octanol–water partition coefficient (Wildman–Crippen LogP) is 7.19. The zero-order valence-corrected chi connectivity index (χ0v) is 21.6. The van der Waals surface area contributed by atoms with E-state index in [1.54, 1.807) is 55.6 Å². The summed E-state index contributed by atoms with van der Waals surface area (Å²) in [4.78, 5) is 27.8. The molecule has 0 saturated carbocycles. The summed E-state index contributed by atoms with van der Waals surface area (Å²) < 4.78 is 17.5. The first-order chi connectivity index (χ1) is 19.0. The SMILES string of the molecule is COc1ccc(C2C(C(=O)c3ccc(Cl)cc3)=C(Nc3ccccc3)Oc3c2c(=O)oc2ccccc32)cc1. The van der Waals surface area contributed by atoms with Crippen LogP contribution in [-0.2, 0) is 0 Å². The summed E-state index contributed by atoms with van der Waals surface area (Å²) in [6, 6.07) is 30.4. The van der Waals surface area contributed by atoms with Crippen molar-refractivity contribution in [2.75, 3.05) is 12.4 Å². The van der Waals surface area contributed by atoms with Crippen LogP contribution in [0.2, 0.25) is 5.02 Å². The summed E-state index contributed by atoms with van der Waals surface area (Å²) >= 11 is 6.11. The molecule has 0 spiro atoms. The van der Waals surface area contributed by atoms with Gasteiger partial charge in [-0.1, -0.05) is 54.1 Å². The highest BCUT2D eigenvalue weighted by Crippen LogP contribution is 2.46. The van der Waals surface area contributed by atoms with Crippen molar-refractivity contribution in [1.82, 2.24) is 0 Å². The number of carbonyl (C=O) groups excluding carboxylic acids is 1. The molecule has 1 aliphatic rings. The number of methoxy groups -OCH3 is 1. The maximum Gasteiger partial charge on any atom is 0.344 e. The number of rotatable bonds is 6. The third-order valence-corrected chi connectivity index (χ3v) is 6.91. The third kappa shape index (κ3) is 4.56. The standard InChI is InChI=1S/C32H22ClNO5/c1-37-23-17-13-19(14-18-23)26-27(29(35)20-11-15-21(33)16-12-20)31(34-22-7-3-2-4-8-22)39-30-24-9-5-6-10-25(24)38-32(36)28(26)30/h2-18,26,34H,1H3. The first-order valence-corrected chi connectivity index (χ1v) is 12.7. The first kappa shape index (κ1) is 24.5. The molecule has 1 aliphatic heterocycles. The normalized spacial score (nSPS) is 14.5. The summed E-state index contributed by atoms with van der Waals surface area (Å²) in [5, 5.41) is 4.42. The van der Waals surface area contributed by atoms with Crippen LogP contribution < -0.4 is 20.4 Å². The monoisotopic (exact) mass is 535 g/mol. The molecule has 1 unspecified atom stereocenters. The maximum absolute atomic E-state index is 14.2. The second-order valence-electron chi connectivity index (χ2n) is 9.01. The fourth-order valence-electron chi connectivity index (χ4n) is 4.79. The van der Waals surface area contributed by atoms with E-state index in [1.807, 2.05) is 54.6 Å². The van der Waals surface area contributed by atoms with Crippen LogP contribution in [0.4, 0.5) is 5.69 Å². The number of allylic oxidation sites excluding steroid dienone is 1. The van der Waals surface area contributed by atoms with Crippen LogP contribution >= 0.6 is 11.6 Å². The lowest BCUT2D eigenvalue weighted by atomic mass is 9.80. The number of hydrogen-bond donors (Lipinski definition) is 1. The van der Waals surface area contributed by atoms with Gasteiger partial charge in [0, 0.05) is 16.3 Å². The molecule has 0 saturated heterocycles. The second-order valence-corrected chi connectivity index (χ2v) is 9.44. The minimum atomic E-state index is -0.796. The highest BCUT2D eigenvalue weighted by atomic mass is 35.5. The average Bonchev–Trinajstić information content (AvgIpc) is 2.97. The molecule has 0 bridgehead atoms. The van der Waals surface area contributed by atoms with Crippen molar-refractivity contribution in [3.05, 3.63) is 147 Å². The van der Waals surface area contributed by atoms with Crippen LogP contribution in [-0.4, -0.2) is 12.9 Å². The van der Waals surface area contributed by atoms with Crippen molar-refractivity contribution in [3.63, 3.8) is 0 Å². The second kappa shape index (κ2) is 10.2. The van der Waals surface area contributed by atoms with Crippen LogP contribution in [0.15, 0.2) is 124 Å². The molecule has 0 amide bonds. The van der Waals surface area contributed by atoms with Crippen molar-refractivity contribution in [1.29, 1.82) is 0 Å². The Kier molecular flexibility index (Phi) is 6.39. The molecule has 0 aliphatic carbocycles. The molecule has 4 aromatic carbocycles. The highest BCUT2D eigenvalue weighted by molar-refractivity contribution is 6.30. The third-order valence-electron chi connectivity index (χ3n) is 6.66. The van der Waals surface area contributed by atoms with Gasteiger partial charge in [0.05, 0.1) is 29.6 Å². The topological polar surface area (TPSA) is 77.8 Å². The van der Waals surface area contributed by atoms with Crippen molar-refractivity contribution < 1.29 is 18.7 Å². The van der Waals surface area contributed by atoms with Gasteiger partial charge in [0.15, 0.2) is 11.5 Å². The number of nitrogens with one attached hydrogen (secondary N) is 1. The summed E-state index contributed by atoms with van der Waals surface area (Å²) in [6.07, 6.45) is 0. The number of Topliss-reactive ketones (excluding diaryl/α,β-unsaturated/α-hetero) is 1. The van der Waals surface area contributed by atoms with Crippen molar-refractivity contribution >= 4 is 34.0 Å². The number of ketones is 1. The van der Waals surface area contributed by atoms with Crippen molar-refractivity contribution in [3.8, 4) is 11.5 Å². The lowest BCUT2D eigenvalue weighted by Crippen LogP contribution is -2.30. The van der Waals surface area contributed by atoms with Gasteiger partial charge in [-0.25, -0.2) is 4.79 Å². The van der Waals surface area contributed by atoms with E-state index >= 15 is 0 Å². The van der Waals surface area contributed by atoms with E-state index in [4.69, 9.17) is 25.5 Å². The Hall–Kier alpha value is -4.81. The van der Waals surface area contributed by atoms with Crippen LogP contribution in [0.25, 0.3) is 11.0 Å². The first-order valence-electron chi connectivity index (χ1n) is 12.3. The molecule has 1 aromatic heterocycles. The van der Waals surface area contributed by atoms with Gasteiger partial charge in [0.1, 0.15) is 11.3 Å². The van der Waals surface area contributed by atoms with Gasteiger partial charge in [-0.15, -0.1) is 0 Å². The van der Waals surface area contributed by atoms with Gasteiger partial charge >= 0.3 is 5.63 Å². The minimum absolute atomic E-state index is 0.227. The molecule has 192 valence electrons. The fourth-order valence-corrected chi connectivity index (χ4v) is 4.92. The number of fused-ring (bicyclic) bond motifs is 3. The fraction of sp³-hybridized carbons (Fsp3) is 0.0625. The molecule has 2 heterocycles. The van der Waals surface area contributed by atoms with Crippen molar-refractivity contribution in [2.45, 2.75) is 5.92 Å². The van der Waals surface area contributed by atoms with Gasteiger partial charge in [-0.2, -0.15) is 0 Å². The Morgan fingerprint density at radius 3 is 2.28 bits per heavy atom. The number of para-hydroxylation sites is 2. The van der Waals surface area contributed by atoms with Crippen LogP contribution in [0.1, 0.15) is 27.4 Å². The number of anilines is 1. The van der Waals surface area contributed by atoms with Gasteiger partial charge < -0.3 is 19.2 Å². The molecule has 6 rings (SSSR count). The zero-order valence-electron chi connectivity index (χ0n) is 20.8. The van der Waals surface area contributed by atoms with Gasteiger partial charge in [0.25, 0.3) is 0 Å². The maximum atomic E-state index is 14.2. The van der Waals surface area contributed by atoms with E-state index in [9.17, 15) is 9.59 Å². The Labute approximate surface area is 229 Å². The number of carbonyl (C=O) groups is 1. The number of ether oxygens (including phenoxy) is 2. The van der Waals surface area contributed by atoms with Crippen LogP contribution in [0, 0.1) is 0 Å². The van der Waals surface area contributed by atoms with E-state index in [2.05, 4.69) is 5.32 Å². The molecule has 39 heavy (non-hydrogen) atoms. The summed E-state index contributed by atoms with van der Waals surface area (Å²) in [5.74, 6) is 0.103. The van der Waals surface area contributed by atoms with E-state index in [1.165, 1.54) is 0 Å². The van der Waals surface area contributed by atoms with Gasteiger partial charge in [-0.05, 0) is 66.2 Å². The van der Waals surface area contributed by atoms with Gasteiger partial charge in [-0.3, -0.25) is 4.79 Å². The van der Waals surface area contributed by atoms with Crippen molar-refractivity contribution in [2.24, 2.45) is 0 Å². The lowest BCUT2D eigenvalue weighted by molar-refractivity contribution is 0.102. The summed E-state index contributed by atoms with van der Waals surface area (Å²) in [7, 11) is 1.58. The van der Waals surface area contributed by atoms with E-state index in [0.717, 1.165) is 5.69 Å². The summed E-state index contributed by atoms with van der Waals surface area (Å²) in [6.45, 7) is 0. The van der Waals surface area contributed by atoms with E-state index in [0.29, 0.717) is 38.6 Å². The molecule has 0 radical (unpaired) electrons. The number of benzene rings is 4. The largest absolute Gasteiger partial charge is 0.497 e. The lowest BCUT2D eigenvalue weighted by Gasteiger charge is -2.30. The molecule has 1 N–H and O–H groups in total. The Balaban J connectivity index is 1.65. The van der Waals surface area contributed by atoms with Gasteiger partial charge in [0.2, 0.25) is 5.88 Å². The quantitative estimate of drug-likeness (QED) is 0.183. The number of halogens is 1. The molecule has 6 nitrogen and oxygen atoms in total. The Morgan fingerprint density at radius 1 is 0.872 bits per heavy atom. The van der Waals surface area contributed by atoms with E-state index in [-0.39, 0.29) is 22.8 Å². The molecule has 1 atom stereocenters. The molecular weight excluding hydrogens is 514 g/mol. The van der Waals surface area contributed by atoms with Crippen LogP contribution in [0.3, 0.4) is 0 Å².